The predicted octanol–water partition coefficient (Wildman–Crippen LogP) is 11.6. The third kappa shape index (κ3) is 4.70. The average Bonchev–Trinajstić information content (AvgIpc) is 3.64. The lowest BCUT2D eigenvalue weighted by Gasteiger charge is -2.44. The summed E-state index contributed by atoms with van der Waals surface area (Å²) in [7, 11) is 0. The van der Waals surface area contributed by atoms with Crippen LogP contribution in [0, 0.1) is 0 Å². The molecule has 11 aromatic rings. The zero-order valence-electron chi connectivity index (χ0n) is 32.4. The molecule has 278 valence electrons. The van der Waals surface area contributed by atoms with Gasteiger partial charge in [0.2, 0.25) is 0 Å². The quantitative estimate of drug-likeness (QED) is 0.167. The normalized spacial score (nSPS) is 12.9. The fourth-order valence-electron chi connectivity index (χ4n) is 10.2. The predicted molar refractivity (Wildman–Crippen MR) is 251 cm³/mol. The highest BCUT2D eigenvalue weighted by molar-refractivity contribution is 7.00. The molecule has 2 aliphatic heterocycles. The summed E-state index contributed by atoms with van der Waals surface area (Å²) < 4.78 is 2.34. The Labute approximate surface area is 347 Å². The van der Waals surface area contributed by atoms with E-state index in [2.05, 4.69) is 196 Å². The number of fused-ring (bicyclic) bond motifs is 9. The van der Waals surface area contributed by atoms with E-state index < -0.39 is 0 Å². The third-order valence-electron chi connectivity index (χ3n) is 12.6. The highest BCUT2D eigenvalue weighted by Crippen LogP contribution is 2.48. The largest absolute Gasteiger partial charge is 0.311 e. The molecule has 0 spiro atoms. The zero-order chi connectivity index (χ0) is 39.3. The van der Waals surface area contributed by atoms with Gasteiger partial charge in [-0.3, -0.25) is 9.55 Å². The van der Waals surface area contributed by atoms with Gasteiger partial charge >= 0.3 is 0 Å². The van der Waals surface area contributed by atoms with E-state index in [0.717, 1.165) is 45.2 Å². The Morgan fingerprint density at radius 2 is 0.950 bits per heavy atom. The van der Waals surface area contributed by atoms with E-state index >= 15 is 0 Å². The van der Waals surface area contributed by atoms with Gasteiger partial charge in [0.15, 0.2) is 0 Å². The minimum atomic E-state index is -0.0955. The fraction of sp³-hybridized carbons (Fsp3) is 0. The van der Waals surface area contributed by atoms with E-state index in [1.807, 2.05) is 24.5 Å². The highest BCUT2D eigenvalue weighted by Gasteiger charge is 2.44. The molecule has 5 nitrogen and oxygen atoms in total. The van der Waals surface area contributed by atoms with E-state index in [0.29, 0.717) is 0 Å². The van der Waals surface area contributed by atoms with Crippen molar-refractivity contribution in [3.8, 4) is 17.1 Å². The average molecular weight is 764 g/mol. The standard InChI is InChI=1S/C54H34BN5/c1-3-18-38-35(14-1)16-11-23-45(38)58-48-29-28-37(44-21-7-9-30-56-44)32-42(48)55-43-34-51-41(40-20-5-6-22-47(40)60(51)53-27-8-10-31-57-53)33-52(43)59(50-26-13-25-49(58)54(50)55)46-24-12-17-36-15-2-4-19-39(36)46/h1-34H. The van der Waals surface area contributed by atoms with Crippen molar-refractivity contribution in [1.82, 2.24) is 14.5 Å². The molecular formula is C54H34BN5. The lowest BCUT2D eigenvalue weighted by atomic mass is 9.33. The molecule has 0 amide bonds. The summed E-state index contributed by atoms with van der Waals surface area (Å²) in [6.07, 6.45) is 3.77. The molecule has 0 unspecified atom stereocenters. The minimum absolute atomic E-state index is 0.0955. The molecule has 0 saturated carbocycles. The van der Waals surface area contributed by atoms with Crippen LogP contribution >= 0.6 is 0 Å². The smallest absolute Gasteiger partial charge is 0.252 e. The van der Waals surface area contributed by atoms with Gasteiger partial charge in [-0.2, -0.15) is 0 Å². The molecule has 0 N–H and O–H groups in total. The van der Waals surface area contributed by atoms with Crippen molar-refractivity contribution >= 4 is 101 Å². The number of hydrogen-bond donors (Lipinski definition) is 0. The molecule has 2 aliphatic rings. The van der Waals surface area contributed by atoms with Crippen LogP contribution in [0.2, 0.25) is 0 Å². The van der Waals surface area contributed by atoms with E-state index in [1.54, 1.807) is 0 Å². The first kappa shape index (κ1) is 33.1. The highest BCUT2D eigenvalue weighted by atomic mass is 15.2. The number of nitrogens with zero attached hydrogens (tertiary/aromatic N) is 5. The first-order chi connectivity index (χ1) is 29.8. The number of rotatable bonds is 4. The Morgan fingerprint density at radius 3 is 1.65 bits per heavy atom. The molecule has 6 heteroatoms. The van der Waals surface area contributed by atoms with Gasteiger partial charge in [0.1, 0.15) is 5.82 Å². The second-order valence-corrected chi connectivity index (χ2v) is 15.8. The summed E-state index contributed by atoms with van der Waals surface area (Å²) in [5.74, 6) is 0.898. The molecule has 0 fully saturated rings. The van der Waals surface area contributed by atoms with Crippen LogP contribution in [-0.4, -0.2) is 21.2 Å². The molecule has 3 aromatic heterocycles. The molecule has 0 aliphatic carbocycles. The molecule has 8 aromatic carbocycles. The van der Waals surface area contributed by atoms with Crippen molar-refractivity contribution in [3.63, 3.8) is 0 Å². The molecule has 0 saturated heterocycles. The van der Waals surface area contributed by atoms with Crippen molar-refractivity contribution in [2.75, 3.05) is 9.80 Å². The SMILES string of the molecule is c1ccc(-c2ccc3c(c2)B2c4cc5c(cc4N(c4cccc6ccccc46)c4cccc(c42)N3c2cccc3ccccc23)c2ccccc2n5-c2ccccn2)nc1. The van der Waals surface area contributed by atoms with Gasteiger partial charge in [0, 0.05) is 56.7 Å². The summed E-state index contributed by atoms with van der Waals surface area (Å²) in [6, 6.07) is 70.7. The number of benzene rings is 8. The number of para-hydroxylation sites is 1. The Balaban J connectivity index is 1.19. The minimum Gasteiger partial charge on any atom is -0.311 e. The summed E-state index contributed by atoms with van der Waals surface area (Å²) in [5.41, 5.74) is 15.1. The van der Waals surface area contributed by atoms with Gasteiger partial charge < -0.3 is 9.80 Å². The Kier molecular flexibility index (Phi) is 7.04. The van der Waals surface area contributed by atoms with Crippen LogP contribution in [0.25, 0.3) is 60.4 Å². The van der Waals surface area contributed by atoms with Gasteiger partial charge in [-0.25, -0.2) is 4.98 Å². The molecular weight excluding hydrogens is 729 g/mol. The van der Waals surface area contributed by atoms with Crippen LogP contribution in [0.3, 0.4) is 0 Å². The van der Waals surface area contributed by atoms with Crippen molar-refractivity contribution in [2.45, 2.75) is 0 Å². The Morgan fingerprint density at radius 1 is 0.367 bits per heavy atom. The van der Waals surface area contributed by atoms with Crippen LogP contribution in [-0.2, 0) is 0 Å². The topological polar surface area (TPSA) is 37.2 Å². The van der Waals surface area contributed by atoms with Gasteiger partial charge in [-0.15, -0.1) is 0 Å². The molecule has 13 rings (SSSR count). The fourth-order valence-corrected chi connectivity index (χ4v) is 10.2. The molecule has 0 atom stereocenters. The maximum Gasteiger partial charge on any atom is 0.252 e. The van der Waals surface area contributed by atoms with Crippen LogP contribution < -0.4 is 26.2 Å². The van der Waals surface area contributed by atoms with Gasteiger partial charge in [0.05, 0.1) is 28.1 Å². The first-order valence-electron chi connectivity index (χ1n) is 20.5. The number of aromatic nitrogens is 3. The van der Waals surface area contributed by atoms with Crippen molar-refractivity contribution < 1.29 is 0 Å². The van der Waals surface area contributed by atoms with Crippen LogP contribution in [0.5, 0.6) is 0 Å². The molecule has 60 heavy (non-hydrogen) atoms. The zero-order valence-corrected chi connectivity index (χ0v) is 32.4. The van der Waals surface area contributed by atoms with E-state index in [-0.39, 0.29) is 6.71 Å². The summed E-state index contributed by atoms with van der Waals surface area (Å²) in [5, 5.41) is 7.22. The maximum atomic E-state index is 4.92. The van der Waals surface area contributed by atoms with E-state index in [1.165, 1.54) is 65.8 Å². The van der Waals surface area contributed by atoms with Crippen LogP contribution in [0.1, 0.15) is 0 Å². The van der Waals surface area contributed by atoms with Gasteiger partial charge in [0.25, 0.3) is 6.71 Å². The third-order valence-corrected chi connectivity index (χ3v) is 12.6. The second kappa shape index (κ2) is 12.8. The monoisotopic (exact) mass is 763 g/mol. The van der Waals surface area contributed by atoms with Crippen molar-refractivity contribution in [1.29, 1.82) is 0 Å². The summed E-state index contributed by atoms with van der Waals surface area (Å²) in [4.78, 5) is 14.8. The van der Waals surface area contributed by atoms with E-state index in [4.69, 9.17) is 9.97 Å². The molecule has 0 bridgehead atoms. The number of anilines is 6. The van der Waals surface area contributed by atoms with Gasteiger partial charge in [-0.1, -0.05) is 121 Å². The molecule has 0 radical (unpaired) electrons. The van der Waals surface area contributed by atoms with E-state index in [9.17, 15) is 0 Å². The Hall–Kier alpha value is -7.96. The van der Waals surface area contributed by atoms with Crippen molar-refractivity contribution in [3.05, 3.63) is 207 Å². The lowest BCUT2D eigenvalue weighted by molar-refractivity contribution is 1.08. The van der Waals surface area contributed by atoms with Crippen LogP contribution in [0.4, 0.5) is 34.1 Å². The van der Waals surface area contributed by atoms with Gasteiger partial charge in [-0.05, 0) is 106 Å². The first-order valence-corrected chi connectivity index (χ1v) is 20.5. The summed E-state index contributed by atoms with van der Waals surface area (Å²) >= 11 is 0. The maximum absolute atomic E-state index is 4.92. The number of pyridine rings is 2. The van der Waals surface area contributed by atoms with Crippen molar-refractivity contribution in [2.24, 2.45) is 0 Å². The molecule has 5 heterocycles. The number of hydrogen-bond acceptors (Lipinski definition) is 4. The Bertz CT molecular complexity index is 3510. The second-order valence-electron chi connectivity index (χ2n) is 15.8. The van der Waals surface area contributed by atoms with Crippen LogP contribution in [0.15, 0.2) is 207 Å². The lowest BCUT2D eigenvalue weighted by Crippen LogP contribution is -2.61. The summed E-state index contributed by atoms with van der Waals surface area (Å²) in [6.45, 7) is -0.0955.